The van der Waals surface area contributed by atoms with Crippen molar-refractivity contribution in [1.82, 2.24) is 9.80 Å². The zero-order chi connectivity index (χ0) is 13.7. The second-order valence-electron chi connectivity index (χ2n) is 5.05. The summed E-state index contributed by atoms with van der Waals surface area (Å²) in [6.45, 7) is 0. The van der Waals surface area contributed by atoms with Gasteiger partial charge in [0, 0.05) is 24.4 Å². The van der Waals surface area contributed by atoms with E-state index in [0.717, 1.165) is 11.3 Å². The SMILES string of the molecule is CN1C=C2c3ccccc3C3=C=C(C=CC=C3)N2C1I. The fourth-order valence-electron chi connectivity index (χ4n) is 2.82. The van der Waals surface area contributed by atoms with Crippen LogP contribution in [0.1, 0.15) is 11.1 Å². The summed E-state index contributed by atoms with van der Waals surface area (Å²) >= 11 is 2.47. The Labute approximate surface area is 132 Å². The molecule has 2 heterocycles. The molecule has 2 aliphatic heterocycles. The number of nitrogens with zero attached hydrogens (tertiary/aromatic N) is 2. The quantitative estimate of drug-likeness (QED) is 0.295. The molecule has 0 spiro atoms. The van der Waals surface area contributed by atoms with E-state index in [4.69, 9.17) is 0 Å². The molecule has 1 aromatic carbocycles. The van der Waals surface area contributed by atoms with Gasteiger partial charge in [0.1, 0.15) is 0 Å². The van der Waals surface area contributed by atoms with Crippen LogP contribution in [0, 0.1) is 0 Å². The van der Waals surface area contributed by atoms with Gasteiger partial charge in [-0.1, -0.05) is 42.1 Å². The maximum absolute atomic E-state index is 3.57. The lowest BCUT2D eigenvalue weighted by molar-refractivity contribution is 0.338. The summed E-state index contributed by atoms with van der Waals surface area (Å²) in [5, 5.41) is 0. The van der Waals surface area contributed by atoms with Crippen LogP contribution in [-0.4, -0.2) is 21.0 Å². The monoisotopic (exact) mass is 372 g/mol. The lowest BCUT2D eigenvalue weighted by Gasteiger charge is -2.27. The highest BCUT2D eigenvalue weighted by atomic mass is 127. The summed E-state index contributed by atoms with van der Waals surface area (Å²) in [5.74, 6) is 0. The topological polar surface area (TPSA) is 6.48 Å². The third kappa shape index (κ3) is 1.63. The fraction of sp³-hybridized carbons (Fsp3) is 0.118. The number of allylic oxidation sites excluding steroid dienone is 4. The van der Waals surface area contributed by atoms with E-state index in [1.165, 1.54) is 16.8 Å². The second kappa shape index (κ2) is 4.40. The highest BCUT2D eigenvalue weighted by Gasteiger charge is 2.33. The van der Waals surface area contributed by atoms with Crippen molar-refractivity contribution >= 4 is 33.9 Å². The van der Waals surface area contributed by atoms with Crippen molar-refractivity contribution in [1.29, 1.82) is 0 Å². The van der Waals surface area contributed by atoms with Gasteiger partial charge < -0.3 is 9.80 Å². The zero-order valence-corrected chi connectivity index (χ0v) is 13.2. The van der Waals surface area contributed by atoms with Crippen molar-refractivity contribution in [3.63, 3.8) is 0 Å². The van der Waals surface area contributed by atoms with Gasteiger partial charge in [0.2, 0.25) is 0 Å². The van der Waals surface area contributed by atoms with E-state index in [9.17, 15) is 0 Å². The van der Waals surface area contributed by atoms with Crippen molar-refractivity contribution < 1.29 is 0 Å². The van der Waals surface area contributed by atoms with Crippen LogP contribution < -0.4 is 0 Å². The third-order valence-electron chi connectivity index (χ3n) is 3.78. The Bertz CT molecular complexity index is 748. The molecule has 1 aliphatic carbocycles. The number of fused-ring (bicyclic) bond motifs is 5. The fourth-order valence-corrected chi connectivity index (χ4v) is 3.58. The van der Waals surface area contributed by atoms with E-state index in [1.54, 1.807) is 0 Å². The van der Waals surface area contributed by atoms with Gasteiger partial charge in [-0.3, -0.25) is 0 Å². The molecule has 0 saturated carbocycles. The van der Waals surface area contributed by atoms with Crippen molar-refractivity contribution in [3.05, 3.63) is 77.3 Å². The molecule has 2 nitrogen and oxygen atoms in total. The van der Waals surface area contributed by atoms with Crippen LogP contribution in [0.15, 0.2) is 66.2 Å². The van der Waals surface area contributed by atoms with E-state index >= 15 is 0 Å². The summed E-state index contributed by atoms with van der Waals surface area (Å²) in [6.07, 6.45) is 10.7. The second-order valence-corrected chi connectivity index (χ2v) is 6.16. The van der Waals surface area contributed by atoms with Crippen LogP contribution in [0.4, 0.5) is 0 Å². The van der Waals surface area contributed by atoms with Crippen molar-refractivity contribution in [2.24, 2.45) is 0 Å². The first kappa shape index (κ1) is 12.1. The summed E-state index contributed by atoms with van der Waals surface area (Å²) in [7, 11) is 2.12. The molecule has 1 atom stereocenters. The van der Waals surface area contributed by atoms with Gasteiger partial charge in [-0.05, 0) is 40.3 Å². The predicted molar refractivity (Wildman–Crippen MR) is 90.5 cm³/mol. The largest absolute Gasteiger partial charge is 0.350 e. The maximum atomic E-state index is 3.57. The minimum atomic E-state index is 0.278. The average Bonchev–Trinajstić information content (AvgIpc) is 2.65. The van der Waals surface area contributed by atoms with Crippen LogP contribution in [0.2, 0.25) is 0 Å². The minimum absolute atomic E-state index is 0.278. The molecule has 20 heavy (non-hydrogen) atoms. The van der Waals surface area contributed by atoms with E-state index < -0.39 is 0 Å². The van der Waals surface area contributed by atoms with E-state index in [0.29, 0.717) is 0 Å². The maximum Gasteiger partial charge on any atom is 0.159 e. The number of alkyl halides is 1. The van der Waals surface area contributed by atoms with Crippen molar-refractivity contribution in [2.45, 2.75) is 4.17 Å². The van der Waals surface area contributed by atoms with Crippen LogP contribution in [0.5, 0.6) is 0 Å². The molecule has 3 aliphatic rings. The molecule has 3 heteroatoms. The minimum Gasteiger partial charge on any atom is -0.350 e. The lowest BCUT2D eigenvalue weighted by atomic mass is 9.98. The van der Waals surface area contributed by atoms with Gasteiger partial charge in [0.05, 0.1) is 11.4 Å². The summed E-state index contributed by atoms with van der Waals surface area (Å²) in [6, 6.07) is 8.57. The Kier molecular flexibility index (Phi) is 2.65. The molecule has 2 bridgehead atoms. The standard InChI is InChI=1S/C17H13IN2/c1-19-11-16-15-9-5-4-8-14(15)12-6-2-3-7-13(10-12)20(16)17(19)18/h2-9,11,17H,1H3. The van der Waals surface area contributed by atoms with Crippen molar-refractivity contribution in [3.8, 4) is 0 Å². The molecule has 0 fully saturated rings. The molecule has 0 radical (unpaired) electrons. The highest BCUT2D eigenvalue weighted by Crippen LogP contribution is 2.41. The van der Waals surface area contributed by atoms with Crippen LogP contribution >= 0.6 is 22.6 Å². The Morgan fingerprint density at radius 1 is 1.10 bits per heavy atom. The molecule has 4 rings (SSSR count). The predicted octanol–water partition coefficient (Wildman–Crippen LogP) is 3.96. The first-order chi connectivity index (χ1) is 9.75. The van der Waals surface area contributed by atoms with Gasteiger partial charge in [0.25, 0.3) is 0 Å². The van der Waals surface area contributed by atoms with E-state index in [2.05, 4.69) is 99.9 Å². The lowest BCUT2D eigenvalue weighted by Crippen LogP contribution is -2.30. The van der Waals surface area contributed by atoms with Crippen molar-refractivity contribution in [2.75, 3.05) is 7.05 Å². The molecule has 1 aromatic rings. The summed E-state index contributed by atoms with van der Waals surface area (Å²) < 4.78 is 0.278. The first-order valence-electron chi connectivity index (χ1n) is 6.58. The molecule has 98 valence electrons. The zero-order valence-electron chi connectivity index (χ0n) is 11.0. The number of hydrogen-bond donors (Lipinski definition) is 0. The van der Waals surface area contributed by atoms with Crippen LogP contribution in [0.3, 0.4) is 0 Å². The average molecular weight is 372 g/mol. The molecule has 0 saturated heterocycles. The van der Waals surface area contributed by atoms with E-state index in [-0.39, 0.29) is 4.17 Å². The van der Waals surface area contributed by atoms with Gasteiger partial charge >= 0.3 is 0 Å². The van der Waals surface area contributed by atoms with Gasteiger partial charge in [-0.25, -0.2) is 0 Å². The van der Waals surface area contributed by atoms with Gasteiger partial charge in [-0.15, -0.1) is 0 Å². The van der Waals surface area contributed by atoms with Gasteiger partial charge in [-0.2, -0.15) is 0 Å². The summed E-state index contributed by atoms with van der Waals surface area (Å²) in [5.41, 5.74) is 9.62. The number of rotatable bonds is 0. The third-order valence-corrected chi connectivity index (χ3v) is 5.21. The first-order valence-corrected chi connectivity index (χ1v) is 7.83. The van der Waals surface area contributed by atoms with Crippen LogP contribution in [-0.2, 0) is 0 Å². The molecule has 0 N–H and O–H groups in total. The van der Waals surface area contributed by atoms with Gasteiger partial charge in [0.15, 0.2) is 4.17 Å². The molecular formula is C17H13IN2. The van der Waals surface area contributed by atoms with Crippen LogP contribution in [0.25, 0.3) is 11.3 Å². The smallest absolute Gasteiger partial charge is 0.159 e. The molecule has 0 amide bonds. The number of benzene rings is 1. The summed E-state index contributed by atoms with van der Waals surface area (Å²) in [4.78, 5) is 4.58. The molecule has 0 aromatic heterocycles. The highest BCUT2D eigenvalue weighted by molar-refractivity contribution is 14.1. The Morgan fingerprint density at radius 2 is 1.85 bits per heavy atom. The number of halogens is 1. The number of hydrogen-bond acceptors (Lipinski definition) is 2. The molecule has 1 unspecified atom stereocenters. The Morgan fingerprint density at radius 3 is 2.70 bits per heavy atom. The normalized spacial score (nSPS) is 22.5. The molecular weight excluding hydrogens is 359 g/mol. The van der Waals surface area contributed by atoms with E-state index in [1.807, 2.05) is 0 Å². The Balaban J connectivity index is 2.06. The Hall–Kier alpha value is -1.71.